The van der Waals surface area contributed by atoms with E-state index in [0.717, 1.165) is 19.3 Å². The van der Waals surface area contributed by atoms with Crippen LogP contribution in [0.15, 0.2) is 18.3 Å². The number of aryl methyl sites for hydroxylation is 1. The van der Waals surface area contributed by atoms with Crippen molar-refractivity contribution in [3.8, 4) is 0 Å². The number of nitrogens with zero attached hydrogens (tertiary/aromatic N) is 1. The molecule has 0 spiro atoms. The van der Waals surface area contributed by atoms with E-state index in [4.69, 9.17) is 5.73 Å². The van der Waals surface area contributed by atoms with Crippen LogP contribution in [0.4, 0.5) is 0 Å². The molecule has 0 aromatic carbocycles. The van der Waals surface area contributed by atoms with Gasteiger partial charge in [-0.3, -0.25) is 4.98 Å². The first kappa shape index (κ1) is 13.5. The van der Waals surface area contributed by atoms with Gasteiger partial charge in [0.05, 0.1) is 0 Å². The minimum atomic E-state index is 0.352. The molecule has 2 N–H and O–H groups in total. The van der Waals surface area contributed by atoms with Crippen molar-refractivity contribution in [1.82, 2.24) is 4.98 Å². The molecule has 0 radical (unpaired) electrons. The standard InChI is InChI=1S/C16H26N2/c1-4-12-5-6-14(18-11-12)9-13-10-16(2,3)8-7-15(13)17/h5-6,11,13,15H,4,7-10,17H2,1-3H3. The maximum absolute atomic E-state index is 6.28. The summed E-state index contributed by atoms with van der Waals surface area (Å²) in [6, 6.07) is 4.72. The molecule has 1 saturated carbocycles. The number of pyridine rings is 1. The van der Waals surface area contributed by atoms with Crippen molar-refractivity contribution in [2.75, 3.05) is 0 Å². The van der Waals surface area contributed by atoms with Gasteiger partial charge in [-0.25, -0.2) is 0 Å². The first-order chi connectivity index (χ1) is 8.50. The van der Waals surface area contributed by atoms with Gasteiger partial charge in [0.15, 0.2) is 0 Å². The predicted molar refractivity (Wildman–Crippen MR) is 76.4 cm³/mol. The fourth-order valence-corrected chi connectivity index (χ4v) is 3.03. The molecule has 1 aliphatic rings. The SMILES string of the molecule is CCc1ccc(CC2CC(C)(C)CCC2N)nc1. The van der Waals surface area contributed by atoms with Crippen LogP contribution in [-0.4, -0.2) is 11.0 Å². The Kier molecular flexibility index (Phi) is 4.06. The molecule has 0 bridgehead atoms. The summed E-state index contributed by atoms with van der Waals surface area (Å²) in [7, 11) is 0. The van der Waals surface area contributed by atoms with Gasteiger partial charge < -0.3 is 5.73 Å². The first-order valence-electron chi connectivity index (χ1n) is 7.19. The summed E-state index contributed by atoms with van der Waals surface area (Å²) >= 11 is 0. The topological polar surface area (TPSA) is 38.9 Å². The number of hydrogen-bond acceptors (Lipinski definition) is 2. The normalized spacial score (nSPS) is 27.1. The molecule has 18 heavy (non-hydrogen) atoms. The summed E-state index contributed by atoms with van der Waals surface area (Å²) in [5.41, 5.74) is 9.24. The molecule has 1 fully saturated rings. The molecule has 100 valence electrons. The maximum Gasteiger partial charge on any atom is 0.0407 e. The molecule has 1 heterocycles. The predicted octanol–water partition coefficient (Wildman–Crippen LogP) is 3.34. The third kappa shape index (κ3) is 3.32. The summed E-state index contributed by atoms with van der Waals surface area (Å²) in [5.74, 6) is 0.591. The highest BCUT2D eigenvalue weighted by Crippen LogP contribution is 2.39. The van der Waals surface area contributed by atoms with E-state index in [1.807, 2.05) is 6.20 Å². The smallest absolute Gasteiger partial charge is 0.0407 e. The lowest BCUT2D eigenvalue weighted by Crippen LogP contribution is -2.40. The molecule has 1 aliphatic carbocycles. The molecule has 2 nitrogen and oxygen atoms in total. The van der Waals surface area contributed by atoms with Crippen molar-refractivity contribution in [3.63, 3.8) is 0 Å². The van der Waals surface area contributed by atoms with E-state index in [-0.39, 0.29) is 0 Å². The Bertz CT molecular complexity index is 381. The van der Waals surface area contributed by atoms with Gasteiger partial charge in [0, 0.05) is 17.9 Å². The Morgan fingerprint density at radius 1 is 1.39 bits per heavy atom. The average Bonchev–Trinajstić information content (AvgIpc) is 2.35. The van der Waals surface area contributed by atoms with Crippen LogP contribution in [-0.2, 0) is 12.8 Å². The molecule has 0 aliphatic heterocycles. The molecule has 2 heteroatoms. The van der Waals surface area contributed by atoms with Crippen LogP contribution in [0.25, 0.3) is 0 Å². The number of hydrogen-bond donors (Lipinski definition) is 1. The molecule has 2 atom stereocenters. The Hall–Kier alpha value is -0.890. The second kappa shape index (κ2) is 5.40. The lowest BCUT2D eigenvalue weighted by atomic mass is 9.69. The molecule has 2 unspecified atom stereocenters. The van der Waals surface area contributed by atoms with Crippen LogP contribution in [0.3, 0.4) is 0 Å². The minimum absolute atomic E-state index is 0.352. The zero-order valence-electron chi connectivity index (χ0n) is 11.9. The van der Waals surface area contributed by atoms with Crippen LogP contribution in [0, 0.1) is 11.3 Å². The first-order valence-corrected chi connectivity index (χ1v) is 7.19. The lowest BCUT2D eigenvalue weighted by Gasteiger charge is -2.39. The molecule has 0 amide bonds. The molecule has 1 aromatic heterocycles. The van der Waals surface area contributed by atoms with E-state index in [2.05, 4.69) is 37.9 Å². The van der Waals surface area contributed by atoms with Crippen molar-refractivity contribution in [3.05, 3.63) is 29.6 Å². The molecular weight excluding hydrogens is 220 g/mol. The summed E-state index contributed by atoms with van der Waals surface area (Å²) in [4.78, 5) is 4.57. The van der Waals surface area contributed by atoms with Gasteiger partial charge >= 0.3 is 0 Å². The highest BCUT2D eigenvalue weighted by Gasteiger charge is 2.33. The number of aromatic nitrogens is 1. The van der Waals surface area contributed by atoms with E-state index in [1.54, 1.807) is 0 Å². The Morgan fingerprint density at radius 3 is 2.78 bits per heavy atom. The zero-order valence-corrected chi connectivity index (χ0v) is 11.9. The van der Waals surface area contributed by atoms with Crippen LogP contribution in [0.2, 0.25) is 0 Å². The van der Waals surface area contributed by atoms with Crippen molar-refractivity contribution >= 4 is 0 Å². The number of rotatable bonds is 3. The van der Waals surface area contributed by atoms with E-state index in [1.165, 1.54) is 24.1 Å². The summed E-state index contributed by atoms with van der Waals surface area (Å²) in [6.45, 7) is 6.88. The minimum Gasteiger partial charge on any atom is -0.327 e. The highest BCUT2D eigenvalue weighted by molar-refractivity contribution is 5.14. The van der Waals surface area contributed by atoms with Gasteiger partial charge in [-0.2, -0.15) is 0 Å². The van der Waals surface area contributed by atoms with Crippen molar-refractivity contribution < 1.29 is 0 Å². The fraction of sp³-hybridized carbons (Fsp3) is 0.688. The second-order valence-corrected chi connectivity index (χ2v) is 6.55. The van der Waals surface area contributed by atoms with Crippen molar-refractivity contribution in [1.29, 1.82) is 0 Å². The molecule has 2 rings (SSSR count). The Labute approximate surface area is 111 Å². The monoisotopic (exact) mass is 246 g/mol. The van der Waals surface area contributed by atoms with E-state index in [0.29, 0.717) is 17.4 Å². The van der Waals surface area contributed by atoms with E-state index >= 15 is 0 Å². The number of nitrogens with two attached hydrogens (primary N) is 1. The van der Waals surface area contributed by atoms with Gasteiger partial charge in [-0.1, -0.05) is 26.8 Å². The third-order valence-corrected chi connectivity index (χ3v) is 4.34. The van der Waals surface area contributed by atoms with Crippen LogP contribution in [0.5, 0.6) is 0 Å². The summed E-state index contributed by atoms with van der Waals surface area (Å²) in [5, 5.41) is 0. The van der Waals surface area contributed by atoms with Gasteiger partial charge in [0.1, 0.15) is 0 Å². The van der Waals surface area contributed by atoms with Crippen LogP contribution >= 0.6 is 0 Å². The van der Waals surface area contributed by atoms with Gasteiger partial charge in [-0.05, 0) is 55.1 Å². The molecule has 0 saturated heterocycles. The second-order valence-electron chi connectivity index (χ2n) is 6.55. The van der Waals surface area contributed by atoms with Crippen molar-refractivity contribution in [2.45, 2.75) is 58.9 Å². The molecule has 1 aromatic rings. The van der Waals surface area contributed by atoms with Gasteiger partial charge in [0.25, 0.3) is 0 Å². The Balaban J connectivity index is 2.02. The molecular formula is C16H26N2. The van der Waals surface area contributed by atoms with Gasteiger partial charge in [-0.15, -0.1) is 0 Å². The largest absolute Gasteiger partial charge is 0.327 e. The quantitative estimate of drug-likeness (QED) is 0.888. The highest BCUT2D eigenvalue weighted by atomic mass is 14.7. The van der Waals surface area contributed by atoms with Crippen LogP contribution < -0.4 is 5.73 Å². The summed E-state index contributed by atoms with van der Waals surface area (Å²) in [6.07, 6.45) is 7.75. The van der Waals surface area contributed by atoms with Gasteiger partial charge in [0.2, 0.25) is 0 Å². The third-order valence-electron chi connectivity index (χ3n) is 4.34. The van der Waals surface area contributed by atoms with Crippen molar-refractivity contribution in [2.24, 2.45) is 17.1 Å². The van der Waals surface area contributed by atoms with E-state index < -0.39 is 0 Å². The van der Waals surface area contributed by atoms with E-state index in [9.17, 15) is 0 Å². The fourth-order valence-electron chi connectivity index (χ4n) is 3.03. The maximum atomic E-state index is 6.28. The summed E-state index contributed by atoms with van der Waals surface area (Å²) < 4.78 is 0. The van der Waals surface area contributed by atoms with Crippen LogP contribution in [0.1, 0.15) is 51.3 Å². The Morgan fingerprint density at radius 2 is 2.17 bits per heavy atom. The lowest BCUT2D eigenvalue weighted by molar-refractivity contribution is 0.156. The average molecular weight is 246 g/mol. The zero-order chi connectivity index (χ0) is 13.2.